The van der Waals surface area contributed by atoms with Crippen LogP contribution in [0.25, 0.3) is 0 Å². The van der Waals surface area contributed by atoms with Crippen LogP contribution in [0.5, 0.6) is 0 Å². The van der Waals surface area contributed by atoms with Crippen molar-refractivity contribution in [3.8, 4) is 0 Å². The molecular weight excluding hydrogens is 356 g/mol. The number of fused-ring (bicyclic) bond motifs is 1. The lowest BCUT2D eigenvalue weighted by atomic mass is 9.92. The minimum Gasteiger partial charge on any atom is -0.324 e. The van der Waals surface area contributed by atoms with Crippen LogP contribution in [-0.4, -0.2) is 46.5 Å². The predicted molar refractivity (Wildman–Crippen MR) is 104 cm³/mol. The third kappa shape index (κ3) is 3.53. The van der Waals surface area contributed by atoms with Gasteiger partial charge in [0, 0.05) is 25.6 Å². The van der Waals surface area contributed by atoms with Crippen LogP contribution < -0.4 is 4.90 Å². The Balaban J connectivity index is 1.24. The molecule has 0 radical (unpaired) electrons. The van der Waals surface area contributed by atoms with Crippen molar-refractivity contribution in [2.24, 2.45) is 5.92 Å². The van der Waals surface area contributed by atoms with Gasteiger partial charge in [-0.3, -0.25) is 14.5 Å². The Morgan fingerprint density at radius 2 is 1.75 bits per heavy atom. The van der Waals surface area contributed by atoms with E-state index in [4.69, 9.17) is 4.52 Å². The first-order valence-corrected chi connectivity index (χ1v) is 10.1. The number of hydrogen-bond donors (Lipinski definition) is 0. The fraction of sp³-hybridized carbons (Fsp3) is 0.524. The van der Waals surface area contributed by atoms with Gasteiger partial charge < -0.3 is 9.42 Å². The molecule has 1 fully saturated rings. The number of nitrogens with zero attached hydrogens (tertiary/aromatic N) is 4. The van der Waals surface area contributed by atoms with E-state index in [0.717, 1.165) is 44.6 Å². The molecule has 1 aromatic carbocycles. The average Bonchev–Trinajstić information content (AvgIpc) is 3.29. The molecule has 2 amide bonds. The highest BCUT2D eigenvalue weighted by atomic mass is 16.5. The van der Waals surface area contributed by atoms with Crippen LogP contribution in [-0.2, 0) is 0 Å². The van der Waals surface area contributed by atoms with Gasteiger partial charge in [-0.05, 0) is 43.7 Å². The zero-order valence-corrected chi connectivity index (χ0v) is 16.4. The summed E-state index contributed by atoms with van der Waals surface area (Å²) in [5, 5.41) is 4.04. The summed E-state index contributed by atoms with van der Waals surface area (Å²) in [4.78, 5) is 32.9. The van der Waals surface area contributed by atoms with Gasteiger partial charge in [-0.15, -0.1) is 0 Å². The maximum absolute atomic E-state index is 12.4. The molecule has 2 aromatic rings. The molecule has 4 rings (SSSR count). The largest absolute Gasteiger partial charge is 0.324 e. The highest BCUT2D eigenvalue weighted by molar-refractivity contribution is 6.21. The first kappa shape index (κ1) is 18.7. The van der Waals surface area contributed by atoms with Gasteiger partial charge in [-0.2, -0.15) is 4.98 Å². The highest BCUT2D eigenvalue weighted by Gasteiger charge is 2.34. The second-order valence-electron chi connectivity index (χ2n) is 7.97. The van der Waals surface area contributed by atoms with E-state index in [0.29, 0.717) is 29.6 Å². The number of carbonyl (C=O) groups is 2. The smallest absolute Gasteiger partial charge is 0.324 e. The summed E-state index contributed by atoms with van der Waals surface area (Å²) in [6.45, 7) is 6.40. The summed E-state index contributed by atoms with van der Waals surface area (Å²) in [7, 11) is 0. The molecule has 2 aliphatic heterocycles. The topological polar surface area (TPSA) is 79.5 Å². The summed E-state index contributed by atoms with van der Waals surface area (Å²) in [5.41, 5.74) is 1.06. The summed E-state index contributed by atoms with van der Waals surface area (Å²) in [5.74, 6) is 1.29. The summed E-state index contributed by atoms with van der Waals surface area (Å²) >= 11 is 0. The predicted octanol–water partition coefficient (Wildman–Crippen LogP) is 3.49. The molecule has 0 aliphatic carbocycles. The Morgan fingerprint density at radius 1 is 1.11 bits per heavy atom. The van der Waals surface area contributed by atoms with Crippen molar-refractivity contribution in [3.05, 3.63) is 41.2 Å². The molecule has 7 heteroatoms. The first-order chi connectivity index (χ1) is 13.5. The molecule has 28 heavy (non-hydrogen) atoms. The van der Waals surface area contributed by atoms with Crippen LogP contribution in [0.3, 0.4) is 0 Å². The van der Waals surface area contributed by atoms with Crippen molar-refractivity contribution in [2.75, 3.05) is 24.5 Å². The molecule has 0 spiro atoms. The molecule has 3 heterocycles. The Morgan fingerprint density at radius 3 is 2.32 bits per heavy atom. The van der Waals surface area contributed by atoms with E-state index < -0.39 is 0 Å². The summed E-state index contributed by atoms with van der Waals surface area (Å²) in [6, 6.07) is 7.68. The lowest BCUT2D eigenvalue weighted by Crippen LogP contribution is -2.35. The van der Waals surface area contributed by atoms with E-state index >= 15 is 0 Å². The second kappa shape index (κ2) is 7.73. The van der Waals surface area contributed by atoms with Crippen molar-refractivity contribution in [1.82, 2.24) is 15.0 Å². The monoisotopic (exact) mass is 382 g/mol. The van der Waals surface area contributed by atoms with Gasteiger partial charge in [0.05, 0.1) is 11.1 Å². The van der Waals surface area contributed by atoms with E-state index in [2.05, 4.69) is 28.9 Å². The number of benzene rings is 1. The quantitative estimate of drug-likeness (QED) is 0.712. The maximum atomic E-state index is 12.4. The fourth-order valence-electron chi connectivity index (χ4n) is 3.98. The Hall–Kier alpha value is -2.70. The van der Waals surface area contributed by atoms with Gasteiger partial charge in [0.2, 0.25) is 0 Å². The fourth-order valence-corrected chi connectivity index (χ4v) is 3.98. The van der Waals surface area contributed by atoms with Crippen LogP contribution in [0, 0.1) is 5.92 Å². The molecule has 2 aliphatic rings. The molecule has 0 bridgehead atoms. The van der Waals surface area contributed by atoms with Gasteiger partial charge in [0.25, 0.3) is 11.8 Å². The second-order valence-corrected chi connectivity index (χ2v) is 7.97. The van der Waals surface area contributed by atoms with E-state index in [1.807, 2.05) is 0 Å². The third-order valence-corrected chi connectivity index (χ3v) is 5.70. The number of aromatic nitrogens is 2. The zero-order valence-electron chi connectivity index (χ0n) is 16.4. The van der Waals surface area contributed by atoms with E-state index in [9.17, 15) is 9.59 Å². The van der Waals surface area contributed by atoms with E-state index in [1.165, 1.54) is 4.90 Å². The minimum absolute atomic E-state index is 0.159. The van der Waals surface area contributed by atoms with E-state index in [1.54, 1.807) is 24.3 Å². The Labute approximate surface area is 164 Å². The number of imide groups is 1. The van der Waals surface area contributed by atoms with Gasteiger partial charge in [-0.25, -0.2) is 0 Å². The number of amides is 2. The average molecular weight is 382 g/mol. The summed E-state index contributed by atoms with van der Waals surface area (Å²) in [6.07, 6.45) is 3.97. The first-order valence-electron chi connectivity index (χ1n) is 10.1. The van der Waals surface area contributed by atoms with Crippen molar-refractivity contribution in [3.63, 3.8) is 0 Å². The maximum Gasteiger partial charge on any atom is 0.324 e. The molecule has 0 N–H and O–H groups in total. The number of hydrogen-bond acceptors (Lipinski definition) is 6. The molecule has 148 valence electrons. The molecule has 7 nitrogen and oxygen atoms in total. The molecular formula is C21H26N4O3. The number of anilines is 1. The van der Waals surface area contributed by atoms with Gasteiger partial charge in [-0.1, -0.05) is 31.1 Å². The third-order valence-electron chi connectivity index (χ3n) is 5.70. The molecule has 0 saturated carbocycles. The Bertz CT molecular complexity index is 833. The van der Waals surface area contributed by atoms with Crippen LogP contribution in [0.15, 0.2) is 28.8 Å². The minimum atomic E-state index is -0.159. The van der Waals surface area contributed by atoms with Crippen LogP contribution in [0.1, 0.15) is 72.0 Å². The highest BCUT2D eigenvalue weighted by Crippen LogP contribution is 2.27. The van der Waals surface area contributed by atoms with Crippen LogP contribution in [0.2, 0.25) is 0 Å². The van der Waals surface area contributed by atoms with E-state index in [-0.39, 0.29) is 17.7 Å². The van der Waals surface area contributed by atoms with Crippen molar-refractivity contribution >= 4 is 17.8 Å². The Kier molecular flexibility index (Phi) is 5.15. The summed E-state index contributed by atoms with van der Waals surface area (Å²) < 4.78 is 5.39. The normalized spacial score (nSPS) is 17.7. The van der Waals surface area contributed by atoms with Crippen molar-refractivity contribution in [1.29, 1.82) is 0 Å². The number of piperidine rings is 1. The number of carbonyl (C=O) groups excluding carboxylic acids is 2. The SMILES string of the molecule is CC(C)c1noc(N2CCC(CCCN3C(=O)c4ccccc4C3=O)CC2)n1. The number of rotatable bonds is 6. The zero-order chi connectivity index (χ0) is 19.7. The molecule has 0 atom stereocenters. The lowest BCUT2D eigenvalue weighted by molar-refractivity contribution is 0.0649. The molecule has 1 aromatic heterocycles. The lowest BCUT2D eigenvalue weighted by Gasteiger charge is -2.30. The van der Waals surface area contributed by atoms with Gasteiger partial charge >= 0.3 is 6.01 Å². The molecule has 1 saturated heterocycles. The van der Waals surface area contributed by atoms with Crippen LogP contribution >= 0.6 is 0 Å². The van der Waals surface area contributed by atoms with Crippen LogP contribution in [0.4, 0.5) is 6.01 Å². The van der Waals surface area contributed by atoms with Crippen molar-refractivity contribution < 1.29 is 14.1 Å². The molecule has 0 unspecified atom stereocenters. The van der Waals surface area contributed by atoms with Crippen molar-refractivity contribution in [2.45, 2.75) is 45.4 Å². The van der Waals surface area contributed by atoms with Gasteiger partial charge in [0.1, 0.15) is 0 Å². The standard InChI is InChI=1S/C21H26N4O3/c1-14(2)18-22-21(28-23-18)24-12-9-15(10-13-24)6-5-11-25-19(26)16-7-3-4-8-17(16)20(25)27/h3-4,7-8,14-15H,5-6,9-13H2,1-2H3. The van der Waals surface area contributed by atoms with Gasteiger partial charge in [0.15, 0.2) is 5.82 Å².